The third-order valence-corrected chi connectivity index (χ3v) is 11.3. The van der Waals surface area contributed by atoms with Gasteiger partial charge >= 0.3 is 17.9 Å². The Morgan fingerprint density at radius 1 is 0.586 bits per heavy atom. The highest BCUT2D eigenvalue weighted by atomic mass is 16.7. The van der Waals surface area contributed by atoms with Gasteiger partial charge in [0.1, 0.15) is 12.7 Å². The van der Waals surface area contributed by atoms with Gasteiger partial charge in [0.2, 0.25) is 0 Å². The van der Waals surface area contributed by atoms with Crippen LogP contribution in [-0.2, 0) is 33.3 Å². The number of unbranched alkanes of at least 4 members (excludes halogenated alkanes) is 24. The number of aromatic amines is 1. The summed E-state index contributed by atoms with van der Waals surface area (Å²) < 4.78 is 26.0. The third kappa shape index (κ3) is 19.2. The molecule has 0 saturated carbocycles. The molecule has 0 amide bonds. The predicted octanol–water partition coefficient (Wildman–Crippen LogP) is 11.1. The number of esters is 3. The van der Waals surface area contributed by atoms with E-state index in [1.165, 1.54) is 120 Å². The molecule has 0 spiro atoms. The zero-order valence-corrected chi connectivity index (χ0v) is 36.5. The van der Waals surface area contributed by atoms with Gasteiger partial charge in [0.15, 0.2) is 29.6 Å². The second-order valence-corrected chi connectivity index (χ2v) is 16.4. The summed E-state index contributed by atoms with van der Waals surface area (Å²) in [6, 6.07) is 0. The summed E-state index contributed by atoms with van der Waals surface area (Å²) in [5, 5.41) is 0. The van der Waals surface area contributed by atoms with Gasteiger partial charge < -0.3 is 23.9 Å². The zero-order chi connectivity index (χ0) is 41.6. The second kappa shape index (κ2) is 30.7. The minimum Gasteiger partial charge on any atom is -0.463 e. The summed E-state index contributed by atoms with van der Waals surface area (Å²) in [4.78, 5) is 63.5. The van der Waals surface area contributed by atoms with E-state index in [2.05, 4.69) is 35.7 Å². The minimum absolute atomic E-state index is 0.0978. The molecule has 1 aliphatic heterocycles. The molecule has 1 N–H and O–H groups in total. The molecule has 58 heavy (non-hydrogen) atoms. The summed E-state index contributed by atoms with van der Waals surface area (Å²) >= 11 is 0. The number of H-pyrrole nitrogens is 1. The van der Waals surface area contributed by atoms with E-state index in [1.54, 1.807) is 0 Å². The molecule has 3 rings (SSSR count). The van der Waals surface area contributed by atoms with Crippen LogP contribution in [0.2, 0.25) is 0 Å². The standard InChI is InChI=1S/C46H78N4O8/c1-4-7-10-13-16-19-22-25-28-31-38(51)55-34-37-42(57-39(52)32-29-26-23-20-17-14-11-8-5-2)43(58-40(53)33-30-27-24-21-18-15-12-9-6-3)46(56-37)50-36-49-41-44(50)47-35-48-45(41)54/h35-37,42-43,46H,4-34H2,1-3H3,(H,47,48,54)/t37-,42-,43-,46-/m1/s1. The number of nitrogens with one attached hydrogen (secondary N) is 1. The molecule has 2 aromatic heterocycles. The Kier molecular flexibility index (Phi) is 26.0. The second-order valence-electron chi connectivity index (χ2n) is 16.4. The van der Waals surface area contributed by atoms with Crippen molar-refractivity contribution in [3.05, 3.63) is 23.0 Å². The highest BCUT2D eigenvalue weighted by Gasteiger charge is 2.51. The summed E-state index contributed by atoms with van der Waals surface area (Å²) in [6.45, 7) is 6.47. The molecule has 0 bridgehead atoms. The summed E-state index contributed by atoms with van der Waals surface area (Å²) in [5.74, 6) is -1.21. The van der Waals surface area contributed by atoms with Crippen molar-refractivity contribution in [2.45, 2.75) is 238 Å². The molecule has 4 atom stereocenters. The molecule has 12 heteroatoms. The number of rotatable bonds is 35. The largest absolute Gasteiger partial charge is 0.463 e. The molecule has 12 nitrogen and oxygen atoms in total. The Labute approximate surface area is 348 Å². The average Bonchev–Trinajstić information content (AvgIpc) is 3.79. The van der Waals surface area contributed by atoms with Crippen LogP contribution in [0.1, 0.15) is 220 Å². The fourth-order valence-electron chi connectivity index (χ4n) is 7.79. The third-order valence-electron chi connectivity index (χ3n) is 11.3. The van der Waals surface area contributed by atoms with Crippen molar-refractivity contribution in [2.24, 2.45) is 0 Å². The van der Waals surface area contributed by atoms with Crippen molar-refractivity contribution in [3.63, 3.8) is 0 Å². The van der Waals surface area contributed by atoms with Gasteiger partial charge in [-0.2, -0.15) is 0 Å². The van der Waals surface area contributed by atoms with Crippen LogP contribution in [0.4, 0.5) is 0 Å². The van der Waals surface area contributed by atoms with Gasteiger partial charge in [-0.1, -0.05) is 175 Å². The number of ether oxygens (including phenoxy) is 4. The first-order valence-corrected chi connectivity index (χ1v) is 23.5. The lowest BCUT2D eigenvalue weighted by Gasteiger charge is -2.25. The molecule has 330 valence electrons. The van der Waals surface area contributed by atoms with Crippen LogP contribution in [0, 0.1) is 0 Å². The van der Waals surface area contributed by atoms with Gasteiger partial charge in [-0.15, -0.1) is 0 Å². The smallest absolute Gasteiger partial charge is 0.306 e. The van der Waals surface area contributed by atoms with E-state index in [9.17, 15) is 19.2 Å². The lowest BCUT2D eigenvalue weighted by molar-refractivity contribution is -0.169. The van der Waals surface area contributed by atoms with Crippen LogP contribution in [0.15, 0.2) is 17.4 Å². The lowest BCUT2D eigenvalue weighted by Crippen LogP contribution is -2.41. The van der Waals surface area contributed by atoms with E-state index in [0.717, 1.165) is 57.8 Å². The van der Waals surface area contributed by atoms with Crippen molar-refractivity contribution in [2.75, 3.05) is 6.61 Å². The molecule has 3 heterocycles. The first-order valence-electron chi connectivity index (χ1n) is 23.5. The molecular weight excluding hydrogens is 737 g/mol. The molecule has 0 radical (unpaired) electrons. The first kappa shape index (κ1) is 49.1. The average molecular weight is 815 g/mol. The number of imidazole rings is 1. The van der Waals surface area contributed by atoms with Crippen molar-refractivity contribution < 1.29 is 33.3 Å². The number of hydrogen-bond donors (Lipinski definition) is 1. The zero-order valence-electron chi connectivity index (χ0n) is 36.5. The maximum Gasteiger partial charge on any atom is 0.306 e. The van der Waals surface area contributed by atoms with Gasteiger partial charge in [0.25, 0.3) is 5.56 Å². The van der Waals surface area contributed by atoms with Gasteiger partial charge in [-0.25, -0.2) is 9.97 Å². The monoisotopic (exact) mass is 815 g/mol. The van der Waals surface area contributed by atoms with Crippen molar-refractivity contribution in [3.8, 4) is 0 Å². The van der Waals surface area contributed by atoms with Crippen LogP contribution in [0.25, 0.3) is 11.2 Å². The Morgan fingerprint density at radius 3 is 1.47 bits per heavy atom. The molecule has 0 aromatic carbocycles. The minimum atomic E-state index is -1.09. The molecule has 0 aliphatic carbocycles. The van der Waals surface area contributed by atoms with Gasteiger partial charge in [-0.3, -0.25) is 23.7 Å². The van der Waals surface area contributed by atoms with Gasteiger partial charge in [-0.05, 0) is 19.3 Å². The molecule has 0 unspecified atom stereocenters. The van der Waals surface area contributed by atoms with E-state index in [0.29, 0.717) is 12.8 Å². The van der Waals surface area contributed by atoms with Crippen molar-refractivity contribution in [1.82, 2.24) is 19.5 Å². The SMILES string of the molecule is CCCCCCCCCCCC(=O)OC[C@H]1O[C@@H](n2cnc3c(=O)[nH]cnc32)[C@H](OC(=O)CCCCCCCCCCC)[C@@H]1OC(=O)CCCCCCCCCCC. The van der Waals surface area contributed by atoms with Gasteiger partial charge in [0, 0.05) is 19.3 Å². The quantitative estimate of drug-likeness (QED) is 0.0404. The Bertz CT molecular complexity index is 1460. The number of hydrogen-bond acceptors (Lipinski definition) is 10. The van der Waals surface area contributed by atoms with E-state index >= 15 is 0 Å². The number of fused-ring (bicyclic) bond motifs is 1. The van der Waals surface area contributed by atoms with E-state index in [4.69, 9.17) is 18.9 Å². The van der Waals surface area contributed by atoms with E-state index in [-0.39, 0.29) is 43.0 Å². The molecule has 1 fully saturated rings. The summed E-state index contributed by atoms with van der Waals surface area (Å²) in [5.41, 5.74) is -0.0938. The summed E-state index contributed by atoms with van der Waals surface area (Å²) in [7, 11) is 0. The summed E-state index contributed by atoms with van der Waals surface area (Å²) in [6.07, 6.45) is 29.6. The highest BCUT2D eigenvalue weighted by Crippen LogP contribution is 2.36. The van der Waals surface area contributed by atoms with Crippen molar-refractivity contribution >= 4 is 29.1 Å². The normalized spacial score (nSPS) is 17.8. The highest BCUT2D eigenvalue weighted by molar-refractivity contribution is 5.72. The molecular formula is C46H78N4O8. The van der Waals surface area contributed by atoms with E-state index in [1.807, 2.05) is 0 Å². The first-order chi connectivity index (χ1) is 28.4. The Morgan fingerprint density at radius 2 is 1.00 bits per heavy atom. The number of carbonyl (C=O) groups excluding carboxylic acids is 3. The lowest BCUT2D eigenvalue weighted by atomic mass is 10.1. The fraction of sp³-hybridized carbons (Fsp3) is 0.826. The van der Waals surface area contributed by atoms with Crippen LogP contribution in [0.3, 0.4) is 0 Å². The topological polar surface area (TPSA) is 152 Å². The van der Waals surface area contributed by atoms with Crippen LogP contribution in [0.5, 0.6) is 0 Å². The predicted molar refractivity (Wildman–Crippen MR) is 228 cm³/mol. The van der Waals surface area contributed by atoms with Crippen molar-refractivity contribution in [1.29, 1.82) is 0 Å². The molecule has 1 aliphatic rings. The van der Waals surface area contributed by atoms with Crippen LogP contribution < -0.4 is 5.56 Å². The Balaban J connectivity index is 1.67. The molecule has 1 saturated heterocycles. The number of nitrogens with zero attached hydrogens (tertiary/aromatic N) is 3. The number of carbonyl (C=O) groups is 3. The van der Waals surface area contributed by atoms with Crippen LogP contribution >= 0.6 is 0 Å². The fourth-order valence-corrected chi connectivity index (χ4v) is 7.79. The van der Waals surface area contributed by atoms with Crippen LogP contribution in [-0.4, -0.2) is 62.3 Å². The van der Waals surface area contributed by atoms with Gasteiger partial charge in [0.05, 0.1) is 12.7 Å². The van der Waals surface area contributed by atoms with E-state index < -0.39 is 42.0 Å². The molecule has 2 aromatic rings. The Hall–Kier alpha value is -3.28. The maximum atomic E-state index is 13.5. The maximum absolute atomic E-state index is 13.5. The number of aromatic nitrogens is 4.